The van der Waals surface area contributed by atoms with E-state index >= 15 is 0 Å². The minimum atomic E-state index is -4.38. The summed E-state index contributed by atoms with van der Waals surface area (Å²) >= 11 is 0. The molecule has 1 unspecified atom stereocenters. The van der Waals surface area contributed by atoms with Gasteiger partial charge in [-0.25, -0.2) is 4.57 Å². The monoisotopic (exact) mass is 728 g/mol. The summed E-state index contributed by atoms with van der Waals surface area (Å²) in [6.07, 6.45) is 38.8. The zero-order valence-corrected chi connectivity index (χ0v) is 32.8. The molecule has 0 saturated carbocycles. The van der Waals surface area contributed by atoms with Gasteiger partial charge in [-0.1, -0.05) is 147 Å². The first-order valence-electron chi connectivity index (χ1n) is 20.0. The summed E-state index contributed by atoms with van der Waals surface area (Å²) in [5.41, 5.74) is 5.33. The molecule has 0 aliphatic heterocycles. The van der Waals surface area contributed by atoms with E-state index in [0.29, 0.717) is 6.42 Å². The molecule has 0 aromatic rings. The maximum absolute atomic E-state index is 12.5. The van der Waals surface area contributed by atoms with E-state index in [1.807, 2.05) is 0 Å². The molecule has 0 amide bonds. The van der Waals surface area contributed by atoms with Crippen molar-refractivity contribution < 1.29 is 37.6 Å². The van der Waals surface area contributed by atoms with Gasteiger partial charge in [-0.15, -0.1) is 0 Å². The molecule has 50 heavy (non-hydrogen) atoms. The molecule has 0 bridgehead atoms. The molecule has 0 aliphatic carbocycles. The molecule has 0 aromatic heterocycles. The molecule has 0 rings (SSSR count). The average Bonchev–Trinajstić information content (AvgIpc) is 3.10. The first-order valence-corrected chi connectivity index (χ1v) is 21.5. The van der Waals surface area contributed by atoms with Gasteiger partial charge in [0.2, 0.25) is 0 Å². The second kappa shape index (κ2) is 37.0. The van der Waals surface area contributed by atoms with Crippen LogP contribution in [0.2, 0.25) is 0 Å². The van der Waals surface area contributed by atoms with Crippen LogP contribution in [0.1, 0.15) is 174 Å². The number of hydrogen-bond donors (Lipinski definition) is 2. The van der Waals surface area contributed by atoms with Gasteiger partial charge in [0.15, 0.2) is 6.10 Å². The molecule has 0 saturated heterocycles. The van der Waals surface area contributed by atoms with Crippen molar-refractivity contribution in [2.75, 3.05) is 26.4 Å². The van der Waals surface area contributed by atoms with Crippen molar-refractivity contribution in [3.63, 3.8) is 0 Å². The number of phosphoric acid groups is 1. The van der Waals surface area contributed by atoms with E-state index in [-0.39, 0.29) is 38.6 Å². The summed E-state index contributed by atoms with van der Waals surface area (Å²) in [5.74, 6) is -0.853. The van der Waals surface area contributed by atoms with E-state index < -0.39 is 26.5 Å². The fourth-order valence-corrected chi connectivity index (χ4v) is 6.05. The standard InChI is InChI=1S/C40H74NO8P/c1-3-5-7-9-11-13-15-17-18-19-20-21-23-25-27-29-31-33-40(43)49-38(37-48-50(44,45)47-35-34-41)36-46-39(42)32-30-28-26-24-22-16-14-12-10-8-6-4-2/h11,13,17-18,20-21,38H,3-10,12,14-16,19,22-37,41H2,1-2H3,(H,44,45)/b13-11-,18-17-,21-20-/t38-/m1/s1. The molecule has 2 atom stereocenters. The highest BCUT2D eigenvalue weighted by Gasteiger charge is 2.25. The summed E-state index contributed by atoms with van der Waals surface area (Å²) in [4.78, 5) is 34.7. The van der Waals surface area contributed by atoms with Crippen LogP contribution in [0.15, 0.2) is 36.5 Å². The molecule has 0 aromatic carbocycles. The largest absolute Gasteiger partial charge is 0.472 e. The third-order valence-electron chi connectivity index (χ3n) is 8.28. The van der Waals surface area contributed by atoms with Gasteiger partial charge >= 0.3 is 19.8 Å². The summed E-state index contributed by atoms with van der Waals surface area (Å²) in [7, 11) is -4.38. The molecule has 0 aliphatic rings. The number of allylic oxidation sites excluding steroid dienone is 6. The van der Waals surface area contributed by atoms with Crippen LogP contribution in [0.3, 0.4) is 0 Å². The van der Waals surface area contributed by atoms with Crippen molar-refractivity contribution in [3.8, 4) is 0 Å². The van der Waals surface area contributed by atoms with Gasteiger partial charge in [0.1, 0.15) is 6.61 Å². The van der Waals surface area contributed by atoms with Crippen LogP contribution in [0, 0.1) is 0 Å². The highest BCUT2D eigenvalue weighted by atomic mass is 31.2. The second-order valence-electron chi connectivity index (χ2n) is 13.2. The molecule has 0 radical (unpaired) electrons. The Balaban J connectivity index is 4.25. The van der Waals surface area contributed by atoms with Crippen molar-refractivity contribution >= 4 is 19.8 Å². The Kier molecular flexibility index (Phi) is 35.7. The highest BCUT2D eigenvalue weighted by Crippen LogP contribution is 2.43. The maximum atomic E-state index is 12.5. The molecule has 0 spiro atoms. The third kappa shape index (κ3) is 36.0. The van der Waals surface area contributed by atoms with Gasteiger partial charge in [-0.2, -0.15) is 0 Å². The van der Waals surface area contributed by atoms with E-state index in [1.165, 1.54) is 83.5 Å². The SMILES string of the molecule is CCCCC/C=C\C/C=C\C/C=C\CCCCCCC(=O)O[C@H](COC(=O)CCCCCCCCCCCCCC)COP(=O)(O)OCCN. The van der Waals surface area contributed by atoms with Gasteiger partial charge in [0.25, 0.3) is 0 Å². The number of carbonyl (C=O) groups is 2. The molecule has 0 fully saturated rings. The van der Waals surface area contributed by atoms with Crippen molar-refractivity contribution in [2.45, 2.75) is 180 Å². The number of rotatable bonds is 37. The Morgan fingerprint density at radius 3 is 1.58 bits per heavy atom. The molecule has 10 heteroatoms. The summed E-state index contributed by atoms with van der Waals surface area (Å²) < 4.78 is 32.7. The van der Waals surface area contributed by atoms with Gasteiger partial charge in [0, 0.05) is 19.4 Å². The lowest BCUT2D eigenvalue weighted by Gasteiger charge is -2.19. The first kappa shape index (κ1) is 48.2. The molecule has 3 N–H and O–H groups in total. The third-order valence-corrected chi connectivity index (χ3v) is 9.26. The number of nitrogens with two attached hydrogens (primary N) is 1. The predicted octanol–water partition coefficient (Wildman–Crippen LogP) is 11.0. The smallest absolute Gasteiger partial charge is 0.462 e. The van der Waals surface area contributed by atoms with E-state index in [4.69, 9.17) is 24.3 Å². The van der Waals surface area contributed by atoms with E-state index in [2.05, 4.69) is 50.3 Å². The average molecular weight is 728 g/mol. The van der Waals surface area contributed by atoms with Gasteiger partial charge in [-0.3, -0.25) is 18.6 Å². The summed E-state index contributed by atoms with van der Waals surface area (Å²) in [6, 6.07) is 0. The molecule has 0 heterocycles. The Labute approximate surface area is 305 Å². The minimum Gasteiger partial charge on any atom is -0.462 e. The predicted molar refractivity (Wildman–Crippen MR) is 206 cm³/mol. The van der Waals surface area contributed by atoms with Crippen LogP contribution < -0.4 is 5.73 Å². The maximum Gasteiger partial charge on any atom is 0.472 e. The lowest BCUT2D eigenvalue weighted by Crippen LogP contribution is -2.29. The molecular weight excluding hydrogens is 653 g/mol. The van der Waals surface area contributed by atoms with Gasteiger partial charge < -0.3 is 20.1 Å². The zero-order valence-electron chi connectivity index (χ0n) is 31.9. The zero-order chi connectivity index (χ0) is 36.8. The topological polar surface area (TPSA) is 134 Å². The lowest BCUT2D eigenvalue weighted by molar-refractivity contribution is -0.161. The minimum absolute atomic E-state index is 0.0497. The Bertz CT molecular complexity index is 923. The first-order chi connectivity index (χ1) is 24.3. The number of carbonyl (C=O) groups excluding carboxylic acids is 2. The number of phosphoric ester groups is 1. The quantitative estimate of drug-likeness (QED) is 0.0277. The van der Waals surface area contributed by atoms with Gasteiger partial charge in [0.05, 0.1) is 13.2 Å². The van der Waals surface area contributed by atoms with E-state index in [9.17, 15) is 19.0 Å². The van der Waals surface area contributed by atoms with E-state index in [1.54, 1.807) is 0 Å². The van der Waals surface area contributed by atoms with Crippen LogP contribution in [-0.4, -0.2) is 49.3 Å². The van der Waals surface area contributed by atoms with Crippen molar-refractivity contribution in [3.05, 3.63) is 36.5 Å². The molecule has 9 nitrogen and oxygen atoms in total. The van der Waals surface area contributed by atoms with Crippen LogP contribution in [0.25, 0.3) is 0 Å². The molecule has 292 valence electrons. The highest BCUT2D eigenvalue weighted by molar-refractivity contribution is 7.47. The van der Waals surface area contributed by atoms with Crippen molar-refractivity contribution in [1.82, 2.24) is 0 Å². The Hall–Kier alpha value is -1.77. The fraction of sp³-hybridized carbons (Fsp3) is 0.800. The number of hydrogen-bond acceptors (Lipinski definition) is 8. The Morgan fingerprint density at radius 2 is 1.04 bits per heavy atom. The van der Waals surface area contributed by atoms with Gasteiger partial charge in [-0.05, 0) is 51.4 Å². The number of esters is 2. The van der Waals surface area contributed by atoms with Crippen molar-refractivity contribution in [1.29, 1.82) is 0 Å². The lowest BCUT2D eigenvalue weighted by atomic mass is 10.0. The van der Waals surface area contributed by atoms with E-state index in [0.717, 1.165) is 57.8 Å². The van der Waals surface area contributed by atoms with Crippen LogP contribution in [0.4, 0.5) is 0 Å². The Morgan fingerprint density at radius 1 is 0.600 bits per heavy atom. The summed E-state index contributed by atoms with van der Waals surface area (Å²) in [5, 5.41) is 0. The number of ether oxygens (including phenoxy) is 2. The fourth-order valence-electron chi connectivity index (χ4n) is 5.29. The van der Waals surface area contributed by atoms with Crippen LogP contribution >= 0.6 is 7.82 Å². The van der Waals surface area contributed by atoms with Crippen LogP contribution in [0.5, 0.6) is 0 Å². The molecular formula is C40H74NO8P. The van der Waals surface area contributed by atoms with Crippen LogP contribution in [-0.2, 0) is 32.7 Å². The number of unbranched alkanes of at least 4 members (excludes halogenated alkanes) is 18. The van der Waals surface area contributed by atoms with Crippen molar-refractivity contribution in [2.24, 2.45) is 5.73 Å². The second-order valence-corrected chi connectivity index (χ2v) is 14.6. The summed E-state index contributed by atoms with van der Waals surface area (Å²) in [6.45, 7) is 3.67. The normalized spacial score (nSPS) is 13.8.